The van der Waals surface area contributed by atoms with E-state index in [1.54, 1.807) is 13.4 Å². The number of rotatable bonds is 2. The molecule has 1 fully saturated rings. The van der Waals surface area contributed by atoms with Crippen LogP contribution in [0.5, 0.6) is 0 Å². The molecule has 0 amide bonds. The van der Waals surface area contributed by atoms with Gasteiger partial charge in [-0.2, -0.15) is 0 Å². The highest BCUT2D eigenvalue weighted by Crippen LogP contribution is 2.33. The van der Waals surface area contributed by atoms with Crippen LogP contribution in [-0.4, -0.2) is 18.4 Å². The monoisotopic (exact) mass is 403 g/mol. The van der Waals surface area contributed by atoms with E-state index in [1.165, 1.54) is 38.2 Å². The van der Waals surface area contributed by atoms with E-state index >= 15 is 0 Å². The topological polar surface area (TPSA) is 78.2 Å². The molecule has 2 heterocycles. The second-order valence-corrected chi connectivity index (χ2v) is 6.69. The molecule has 1 aliphatic heterocycles. The standard InChI is InChI=1S/C13H18N4.C7H7F2N.C2H6/c14-11(9-4-2-1-3-5-9)12-10-6-7-15-13(10)17-8-16-12;1-10-5-2-3-6(8)7(9)4-5;1-2/h6-9,15H,1-5,14H2,(H,16,17);2-4,10H,1H3;1-2H3/b12-11-;;. The van der Waals surface area contributed by atoms with Gasteiger partial charge in [0.25, 0.3) is 0 Å². The highest BCUT2D eigenvalue weighted by atomic mass is 19.2. The van der Waals surface area contributed by atoms with Crippen LogP contribution in [0.15, 0.2) is 41.2 Å². The summed E-state index contributed by atoms with van der Waals surface area (Å²) in [5.74, 6) is -0.219. The molecule has 1 aromatic heterocycles. The minimum Gasteiger partial charge on any atom is -0.400 e. The van der Waals surface area contributed by atoms with Crippen LogP contribution in [0.2, 0.25) is 0 Å². The lowest BCUT2D eigenvalue weighted by Gasteiger charge is -2.25. The number of nitrogens with one attached hydrogen (secondary N) is 3. The number of hydrogen-bond donors (Lipinski definition) is 4. The summed E-state index contributed by atoms with van der Waals surface area (Å²) < 4.78 is 24.6. The SMILES string of the molecule is CC.CNc1ccc(F)c(F)c1.N/C(=C1\NC=Nc2[nH]ccc21)C1CCCCC1. The Balaban J connectivity index is 0.000000215. The van der Waals surface area contributed by atoms with Crippen LogP contribution in [0.4, 0.5) is 20.3 Å². The zero-order valence-corrected chi connectivity index (χ0v) is 17.4. The number of nitrogens with zero attached hydrogens (tertiary/aromatic N) is 1. The molecule has 29 heavy (non-hydrogen) atoms. The molecule has 4 rings (SSSR count). The van der Waals surface area contributed by atoms with Crippen molar-refractivity contribution in [3.63, 3.8) is 0 Å². The Kier molecular flexibility index (Phi) is 8.70. The Morgan fingerprint density at radius 3 is 2.48 bits per heavy atom. The lowest BCUT2D eigenvalue weighted by Crippen LogP contribution is -2.24. The molecule has 158 valence electrons. The minimum atomic E-state index is -0.827. The summed E-state index contributed by atoms with van der Waals surface area (Å²) in [6.07, 6.45) is 10.00. The predicted molar refractivity (Wildman–Crippen MR) is 117 cm³/mol. The zero-order chi connectivity index (χ0) is 21.2. The molecule has 0 radical (unpaired) electrons. The van der Waals surface area contributed by atoms with Crippen molar-refractivity contribution in [2.45, 2.75) is 46.0 Å². The number of hydrogen-bond acceptors (Lipinski definition) is 4. The van der Waals surface area contributed by atoms with Gasteiger partial charge in [0.1, 0.15) is 5.82 Å². The van der Waals surface area contributed by atoms with E-state index in [1.807, 2.05) is 26.1 Å². The van der Waals surface area contributed by atoms with Crippen LogP contribution in [0.25, 0.3) is 5.70 Å². The Labute approximate surface area is 171 Å². The lowest BCUT2D eigenvalue weighted by atomic mass is 9.85. The average Bonchev–Trinajstić information content (AvgIpc) is 3.27. The summed E-state index contributed by atoms with van der Waals surface area (Å²) in [5.41, 5.74) is 10.0. The highest BCUT2D eigenvalue weighted by molar-refractivity contribution is 5.87. The molecule has 0 saturated heterocycles. The van der Waals surface area contributed by atoms with Crippen molar-refractivity contribution in [2.75, 3.05) is 12.4 Å². The van der Waals surface area contributed by atoms with Gasteiger partial charge in [-0.1, -0.05) is 33.1 Å². The van der Waals surface area contributed by atoms with Gasteiger partial charge in [-0.05, 0) is 37.1 Å². The highest BCUT2D eigenvalue weighted by Gasteiger charge is 2.22. The van der Waals surface area contributed by atoms with E-state index < -0.39 is 11.6 Å². The second kappa shape index (κ2) is 11.2. The maximum Gasteiger partial charge on any atom is 0.160 e. The fraction of sp³-hybridized carbons (Fsp3) is 0.409. The average molecular weight is 404 g/mol. The van der Waals surface area contributed by atoms with Gasteiger partial charge in [-0.15, -0.1) is 0 Å². The number of aliphatic imine (C=N–C) groups is 1. The number of aromatic nitrogens is 1. The Bertz CT molecular complexity index is 835. The second-order valence-electron chi connectivity index (χ2n) is 6.69. The molecule has 7 heteroatoms. The molecular weight excluding hydrogens is 372 g/mol. The summed E-state index contributed by atoms with van der Waals surface area (Å²) >= 11 is 0. The lowest BCUT2D eigenvalue weighted by molar-refractivity contribution is 0.400. The molecule has 5 N–H and O–H groups in total. The van der Waals surface area contributed by atoms with Crippen molar-refractivity contribution in [3.05, 3.63) is 53.4 Å². The summed E-state index contributed by atoms with van der Waals surface area (Å²) in [4.78, 5) is 7.37. The number of allylic oxidation sites excluding steroid dienone is 1. The number of aromatic amines is 1. The maximum atomic E-state index is 12.4. The zero-order valence-electron chi connectivity index (χ0n) is 17.4. The molecule has 0 bridgehead atoms. The van der Waals surface area contributed by atoms with Crippen LogP contribution < -0.4 is 16.4 Å². The molecular formula is C22H31F2N5. The van der Waals surface area contributed by atoms with Gasteiger partial charge >= 0.3 is 0 Å². The van der Waals surface area contributed by atoms with E-state index in [-0.39, 0.29) is 0 Å². The van der Waals surface area contributed by atoms with E-state index in [2.05, 4.69) is 20.6 Å². The first kappa shape index (κ1) is 22.5. The van der Waals surface area contributed by atoms with Crippen LogP contribution in [-0.2, 0) is 0 Å². The van der Waals surface area contributed by atoms with Crippen molar-refractivity contribution in [1.82, 2.24) is 10.3 Å². The number of H-pyrrole nitrogens is 1. The molecule has 5 nitrogen and oxygen atoms in total. The molecule has 1 aliphatic carbocycles. The summed E-state index contributed by atoms with van der Waals surface area (Å²) in [5, 5.41) is 5.89. The molecule has 2 aromatic rings. The van der Waals surface area contributed by atoms with E-state index in [0.717, 1.165) is 34.9 Å². The Morgan fingerprint density at radius 1 is 1.10 bits per heavy atom. The number of halogens is 2. The third kappa shape index (κ3) is 5.82. The summed E-state index contributed by atoms with van der Waals surface area (Å²) in [6.45, 7) is 4.00. The first-order valence-corrected chi connectivity index (χ1v) is 10.2. The minimum absolute atomic E-state index is 0.528. The molecule has 2 aliphatic rings. The first-order valence-electron chi connectivity index (χ1n) is 10.2. The van der Waals surface area contributed by atoms with Crippen molar-refractivity contribution in [1.29, 1.82) is 0 Å². The Morgan fingerprint density at radius 2 is 1.83 bits per heavy atom. The molecule has 1 saturated carbocycles. The van der Waals surface area contributed by atoms with Crippen LogP contribution in [0.3, 0.4) is 0 Å². The van der Waals surface area contributed by atoms with Gasteiger partial charge in [0.05, 0.1) is 12.0 Å². The van der Waals surface area contributed by atoms with Gasteiger partial charge in [-0.3, -0.25) is 0 Å². The summed E-state index contributed by atoms with van der Waals surface area (Å²) in [6, 6.07) is 5.69. The van der Waals surface area contributed by atoms with E-state index in [4.69, 9.17) is 5.73 Å². The van der Waals surface area contributed by atoms with Crippen LogP contribution >= 0.6 is 0 Å². The number of fused-ring (bicyclic) bond motifs is 1. The maximum absolute atomic E-state index is 12.4. The van der Waals surface area contributed by atoms with Crippen molar-refractivity contribution < 1.29 is 8.78 Å². The number of benzene rings is 1. The first-order chi connectivity index (χ1) is 14.1. The normalized spacial score (nSPS) is 17.0. The van der Waals surface area contributed by atoms with E-state index in [9.17, 15) is 8.78 Å². The van der Waals surface area contributed by atoms with Gasteiger partial charge < -0.3 is 21.4 Å². The van der Waals surface area contributed by atoms with Gasteiger partial charge in [0.2, 0.25) is 0 Å². The van der Waals surface area contributed by atoms with Crippen molar-refractivity contribution in [3.8, 4) is 0 Å². The third-order valence-electron chi connectivity index (χ3n) is 4.94. The number of anilines is 1. The Hall–Kier alpha value is -2.83. The third-order valence-corrected chi connectivity index (χ3v) is 4.94. The van der Waals surface area contributed by atoms with Gasteiger partial charge in [-0.25, -0.2) is 13.8 Å². The fourth-order valence-electron chi connectivity index (χ4n) is 3.42. The fourth-order valence-corrected chi connectivity index (χ4v) is 3.42. The smallest absolute Gasteiger partial charge is 0.160 e. The molecule has 0 unspecified atom stereocenters. The number of nitrogens with two attached hydrogens (primary N) is 1. The van der Waals surface area contributed by atoms with Crippen LogP contribution in [0, 0.1) is 17.6 Å². The molecule has 1 aromatic carbocycles. The van der Waals surface area contributed by atoms with E-state index in [0.29, 0.717) is 11.6 Å². The summed E-state index contributed by atoms with van der Waals surface area (Å²) in [7, 11) is 1.65. The largest absolute Gasteiger partial charge is 0.400 e. The van der Waals surface area contributed by atoms with Gasteiger partial charge in [0.15, 0.2) is 11.6 Å². The molecule has 0 atom stereocenters. The van der Waals surface area contributed by atoms with Gasteiger partial charge in [0, 0.05) is 36.1 Å². The van der Waals surface area contributed by atoms with Crippen molar-refractivity contribution in [2.24, 2.45) is 16.6 Å². The predicted octanol–water partition coefficient (Wildman–Crippen LogP) is 5.52. The quantitative estimate of drug-likeness (QED) is 0.533. The van der Waals surface area contributed by atoms with Crippen LogP contribution in [0.1, 0.15) is 51.5 Å². The van der Waals surface area contributed by atoms with Crippen molar-refractivity contribution >= 4 is 23.5 Å². The molecule has 0 spiro atoms.